The summed E-state index contributed by atoms with van der Waals surface area (Å²) in [5, 5.41) is 0. The number of rotatable bonds is 5. The Kier molecular flexibility index (Phi) is 3.97. The van der Waals surface area contributed by atoms with Crippen LogP contribution in [0.1, 0.15) is 40.0 Å². The Morgan fingerprint density at radius 3 is 2.50 bits per heavy atom. The van der Waals surface area contributed by atoms with Crippen molar-refractivity contribution >= 4 is 5.91 Å². The van der Waals surface area contributed by atoms with Crippen LogP contribution in [0.5, 0.6) is 0 Å². The maximum Gasteiger partial charge on any atom is 0.225 e. The Hall–Kier alpha value is -0.610. The Morgan fingerprint density at radius 2 is 2.06 bits per heavy atom. The van der Waals surface area contributed by atoms with Crippen LogP contribution in [-0.4, -0.2) is 42.1 Å². The number of likely N-dealkylation sites (tertiary alicyclic amines) is 1. The molecule has 0 aliphatic carbocycles. The summed E-state index contributed by atoms with van der Waals surface area (Å²) in [7, 11) is 1.63. The third-order valence-electron chi connectivity index (χ3n) is 3.24. The van der Waals surface area contributed by atoms with Crippen LogP contribution in [0.15, 0.2) is 0 Å². The van der Waals surface area contributed by atoms with E-state index in [1.165, 1.54) is 0 Å². The molecule has 0 aromatic carbocycles. The number of hydrogen-bond acceptors (Lipinski definition) is 3. The number of carbonyl (C=O) groups excluding carboxylic acids is 1. The zero-order valence-corrected chi connectivity index (χ0v) is 10.9. The molecule has 2 N–H and O–H groups in total. The molecule has 1 aliphatic rings. The first-order valence-corrected chi connectivity index (χ1v) is 5.94. The molecule has 0 radical (unpaired) electrons. The lowest BCUT2D eigenvalue weighted by Gasteiger charge is -2.48. The molecule has 0 unspecified atom stereocenters. The summed E-state index contributed by atoms with van der Waals surface area (Å²) in [4.78, 5) is 13.7. The molecule has 1 fully saturated rings. The van der Waals surface area contributed by atoms with Gasteiger partial charge in [-0.3, -0.25) is 4.79 Å². The lowest BCUT2D eigenvalue weighted by atomic mass is 9.85. The predicted molar refractivity (Wildman–Crippen MR) is 64.1 cm³/mol. The lowest BCUT2D eigenvalue weighted by Crippen LogP contribution is -2.68. The van der Waals surface area contributed by atoms with Gasteiger partial charge in [0.05, 0.1) is 17.6 Å². The molecule has 0 aromatic rings. The smallest absolute Gasteiger partial charge is 0.225 e. The van der Waals surface area contributed by atoms with E-state index >= 15 is 0 Å². The number of nitrogens with zero attached hydrogens (tertiary/aromatic N) is 1. The third-order valence-corrected chi connectivity index (χ3v) is 3.24. The summed E-state index contributed by atoms with van der Waals surface area (Å²) in [6.07, 6.45) is 2.48. The van der Waals surface area contributed by atoms with E-state index in [1.54, 1.807) is 7.11 Å². The minimum atomic E-state index is -0.380. The van der Waals surface area contributed by atoms with Crippen molar-refractivity contribution in [1.82, 2.24) is 4.90 Å². The minimum absolute atomic E-state index is 0.137. The molecule has 4 nitrogen and oxygen atoms in total. The summed E-state index contributed by atoms with van der Waals surface area (Å²) in [5.41, 5.74) is 5.60. The van der Waals surface area contributed by atoms with Crippen molar-refractivity contribution in [1.29, 1.82) is 0 Å². The first-order valence-electron chi connectivity index (χ1n) is 5.94. The zero-order valence-electron chi connectivity index (χ0n) is 10.9. The largest absolute Gasteiger partial charge is 0.378 e. The fourth-order valence-electron chi connectivity index (χ4n) is 2.09. The first kappa shape index (κ1) is 13.5. The van der Waals surface area contributed by atoms with Crippen LogP contribution in [0.3, 0.4) is 0 Å². The van der Waals surface area contributed by atoms with Crippen LogP contribution < -0.4 is 5.73 Å². The number of carbonyl (C=O) groups is 1. The van der Waals surface area contributed by atoms with Crippen molar-refractivity contribution in [2.75, 3.05) is 20.2 Å². The van der Waals surface area contributed by atoms with Gasteiger partial charge in [-0.2, -0.15) is 0 Å². The molecule has 16 heavy (non-hydrogen) atoms. The number of ether oxygens (including phenoxy) is 1. The van der Waals surface area contributed by atoms with Crippen LogP contribution in [0.2, 0.25) is 0 Å². The molecule has 0 aromatic heterocycles. The molecule has 94 valence electrons. The molecule has 1 aliphatic heterocycles. The number of nitrogens with two attached hydrogens (primary N) is 1. The van der Waals surface area contributed by atoms with Gasteiger partial charge in [0.15, 0.2) is 0 Å². The summed E-state index contributed by atoms with van der Waals surface area (Å²) >= 11 is 0. The second-order valence-electron chi connectivity index (χ2n) is 5.50. The molecule has 0 bridgehead atoms. The lowest BCUT2D eigenvalue weighted by molar-refractivity contribution is -0.144. The van der Waals surface area contributed by atoms with Crippen molar-refractivity contribution < 1.29 is 9.53 Å². The van der Waals surface area contributed by atoms with Crippen molar-refractivity contribution in [2.24, 2.45) is 5.73 Å². The van der Waals surface area contributed by atoms with Crippen LogP contribution in [0, 0.1) is 0 Å². The van der Waals surface area contributed by atoms with Crippen LogP contribution in [0.4, 0.5) is 0 Å². The summed E-state index contributed by atoms with van der Waals surface area (Å²) < 4.78 is 5.25. The Labute approximate surface area is 98.1 Å². The van der Waals surface area contributed by atoms with Crippen LogP contribution in [-0.2, 0) is 9.53 Å². The van der Waals surface area contributed by atoms with Gasteiger partial charge in [0.25, 0.3) is 0 Å². The van der Waals surface area contributed by atoms with Gasteiger partial charge in [-0.05, 0) is 20.3 Å². The Morgan fingerprint density at radius 1 is 1.50 bits per heavy atom. The molecule has 1 amide bonds. The van der Waals surface area contributed by atoms with Crippen LogP contribution >= 0.6 is 0 Å². The average Bonchev–Trinajstić information content (AvgIpc) is 2.13. The van der Waals surface area contributed by atoms with Gasteiger partial charge in [-0.25, -0.2) is 0 Å². The second-order valence-corrected chi connectivity index (χ2v) is 5.50. The van der Waals surface area contributed by atoms with Crippen LogP contribution in [0.25, 0.3) is 0 Å². The van der Waals surface area contributed by atoms with E-state index in [1.807, 2.05) is 18.7 Å². The molecular weight excluding hydrogens is 204 g/mol. The standard InChI is InChI=1S/C12H24N2O2/c1-5-6-12(13)8-14(9-12)10(15)7-11(2,3)16-4/h5-9,13H2,1-4H3. The number of hydrogen-bond donors (Lipinski definition) is 1. The van der Waals surface area contributed by atoms with Gasteiger partial charge in [-0.15, -0.1) is 0 Å². The van der Waals surface area contributed by atoms with Crippen molar-refractivity contribution in [2.45, 2.75) is 51.2 Å². The second kappa shape index (κ2) is 4.72. The van der Waals surface area contributed by atoms with E-state index < -0.39 is 0 Å². The van der Waals surface area contributed by atoms with E-state index in [9.17, 15) is 4.79 Å². The number of methoxy groups -OCH3 is 1. The monoisotopic (exact) mass is 228 g/mol. The normalized spacial score (nSPS) is 19.4. The van der Waals surface area contributed by atoms with E-state index in [4.69, 9.17) is 10.5 Å². The highest BCUT2D eigenvalue weighted by atomic mass is 16.5. The van der Waals surface area contributed by atoms with E-state index in [2.05, 4.69) is 6.92 Å². The number of amides is 1. The highest BCUT2D eigenvalue weighted by Crippen LogP contribution is 2.25. The highest BCUT2D eigenvalue weighted by molar-refractivity contribution is 5.78. The summed E-state index contributed by atoms with van der Waals surface area (Å²) in [5.74, 6) is 0.143. The SMILES string of the molecule is CCCC1(N)CN(C(=O)CC(C)(C)OC)C1. The van der Waals surface area contributed by atoms with Gasteiger partial charge < -0.3 is 15.4 Å². The van der Waals surface area contributed by atoms with Gasteiger partial charge in [0.1, 0.15) is 0 Å². The molecule has 0 spiro atoms. The van der Waals surface area contributed by atoms with E-state index in [0.717, 1.165) is 12.8 Å². The minimum Gasteiger partial charge on any atom is -0.378 e. The van der Waals surface area contributed by atoms with Gasteiger partial charge in [0.2, 0.25) is 5.91 Å². The van der Waals surface area contributed by atoms with Gasteiger partial charge in [0, 0.05) is 20.2 Å². The quantitative estimate of drug-likeness (QED) is 0.767. The fourth-order valence-corrected chi connectivity index (χ4v) is 2.09. The molecule has 0 atom stereocenters. The first-order chi connectivity index (χ1) is 7.32. The Bertz CT molecular complexity index is 258. The highest BCUT2D eigenvalue weighted by Gasteiger charge is 2.41. The summed E-state index contributed by atoms with van der Waals surface area (Å²) in [6.45, 7) is 7.35. The summed E-state index contributed by atoms with van der Waals surface area (Å²) in [6, 6.07) is 0. The molecule has 4 heteroatoms. The molecule has 1 heterocycles. The third kappa shape index (κ3) is 3.19. The maximum absolute atomic E-state index is 11.9. The molecule has 1 saturated heterocycles. The van der Waals surface area contributed by atoms with Crippen molar-refractivity contribution in [3.8, 4) is 0 Å². The molecule has 1 rings (SSSR count). The van der Waals surface area contributed by atoms with Crippen molar-refractivity contribution in [3.05, 3.63) is 0 Å². The maximum atomic E-state index is 11.9. The van der Waals surface area contributed by atoms with E-state index in [0.29, 0.717) is 19.5 Å². The van der Waals surface area contributed by atoms with Crippen molar-refractivity contribution in [3.63, 3.8) is 0 Å². The molecular formula is C12H24N2O2. The predicted octanol–water partition coefficient (Wildman–Crippen LogP) is 1.14. The topological polar surface area (TPSA) is 55.6 Å². The van der Waals surface area contributed by atoms with Gasteiger partial charge in [-0.1, -0.05) is 13.3 Å². The van der Waals surface area contributed by atoms with Gasteiger partial charge >= 0.3 is 0 Å². The molecule has 0 saturated carbocycles. The van der Waals surface area contributed by atoms with E-state index in [-0.39, 0.29) is 17.0 Å². The fraction of sp³-hybridized carbons (Fsp3) is 0.917. The Balaban J connectivity index is 2.38. The average molecular weight is 228 g/mol. The zero-order chi connectivity index (χ0) is 12.4.